The number of carboxylic acid groups (broad SMARTS) is 3. The molecule has 19 heteroatoms. The lowest BCUT2D eigenvalue weighted by Gasteiger charge is -2.32. The van der Waals surface area contributed by atoms with Crippen molar-refractivity contribution in [3.63, 3.8) is 0 Å². The fourth-order valence-electron chi connectivity index (χ4n) is 9.88. The summed E-state index contributed by atoms with van der Waals surface area (Å²) in [7, 11) is 1.45. The predicted octanol–water partition coefficient (Wildman–Crippen LogP) is 4.98. The number of nitrogens with one attached hydrogen (secondary N) is 5. The molecule has 0 aliphatic heterocycles. The molecule has 0 spiro atoms. The average Bonchev–Trinajstić information content (AvgIpc) is 3.71. The van der Waals surface area contributed by atoms with Crippen LogP contribution in [-0.2, 0) is 49.5 Å². The first-order chi connectivity index (χ1) is 35.9. The van der Waals surface area contributed by atoms with Crippen LogP contribution >= 0.6 is 0 Å². The molecule has 1 fully saturated rings. The number of carbonyl (C=O) groups is 9. The van der Waals surface area contributed by atoms with Crippen LogP contribution in [-0.4, -0.2) is 124 Å². The van der Waals surface area contributed by atoms with E-state index in [2.05, 4.69) is 26.6 Å². The molecule has 5 amide bonds. The smallest absolute Gasteiger partial charge is 0.410 e. The highest BCUT2D eigenvalue weighted by molar-refractivity contribution is 5.98. The molecule has 0 radical (unpaired) electrons. The number of ether oxygens (including phenoxy) is 1. The second-order valence-corrected chi connectivity index (χ2v) is 19.5. The summed E-state index contributed by atoms with van der Waals surface area (Å²) in [6, 6.07) is 23.9. The molecule has 1 saturated carbocycles. The van der Waals surface area contributed by atoms with Crippen LogP contribution in [0.5, 0.6) is 0 Å². The predicted molar refractivity (Wildman–Crippen MR) is 275 cm³/mol. The molecule has 4 aromatic rings. The number of hydrogen-bond acceptors (Lipinski definition) is 11. The third-order valence-electron chi connectivity index (χ3n) is 13.6. The molecule has 6 atom stereocenters. The highest BCUT2D eigenvalue weighted by atomic mass is 16.6. The number of fused-ring (bicyclic) bond motifs is 3. The molecule has 6 rings (SSSR count). The van der Waals surface area contributed by atoms with Crippen molar-refractivity contribution in [1.82, 2.24) is 31.5 Å². The summed E-state index contributed by atoms with van der Waals surface area (Å²) < 4.78 is 5.91. The van der Waals surface area contributed by atoms with E-state index in [1.54, 1.807) is 60.7 Å². The van der Waals surface area contributed by atoms with Crippen LogP contribution in [0.25, 0.3) is 11.1 Å². The lowest BCUT2D eigenvalue weighted by Crippen LogP contribution is -2.61. The summed E-state index contributed by atoms with van der Waals surface area (Å²) in [6.45, 7) is 3.19. The van der Waals surface area contributed by atoms with Crippen LogP contribution < -0.4 is 26.6 Å². The van der Waals surface area contributed by atoms with Gasteiger partial charge in [-0.05, 0) is 64.5 Å². The van der Waals surface area contributed by atoms with Gasteiger partial charge in [-0.15, -0.1) is 0 Å². The SMILES string of the molecule is CC(C)C[C@H](NCC(=O)[C@H](c1ccccc1)N(C)C(=O)OCC1c2ccccc2-c2ccccc21)C(=O)N[C@@H](CC(=O)O)C(=O)N[C@H](C(=O)N[C@@H](CC(=O)O)C(=O)N[C@@H](Cc1ccccc1)C(=O)O)C1CCCCC1. The lowest BCUT2D eigenvalue weighted by molar-refractivity contribution is -0.143. The fourth-order valence-corrected chi connectivity index (χ4v) is 9.88. The maximum Gasteiger partial charge on any atom is 0.410 e. The highest BCUT2D eigenvalue weighted by Gasteiger charge is 2.39. The van der Waals surface area contributed by atoms with E-state index in [0.717, 1.165) is 28.7 Å². The quantitative estimate of drug-likeness (QED) is 0.0412. The first-order valence-electron chi connectivity index (χ1n) is 25.2. The molecule has 19 nitrogen and oxygen atoms in total. The molecule has 398 valence electrons. The van der Waals surface area contributed by atoms with Crippen molar-refractivity contribution in [3.05, 3.63) is 131 Å². The fraction of sp³-hybridized carbons (Fsp3) is 0.411. The van der Waals surface area contributed by atoms with Gasteiger partial charge >= 0.3 is 24.0 Å². The number of likely N-dealkylation sites (N-methyl/N-ethyl adjacent to an activating group) is 1. The molecule has 0 saturated heterocycles. The Hall–Kier alpha value is -7.93. The second kappa shape index (κ2) is 26.9. The van der Waals surface area contributed by atoms with Crippen LogP contribution in [0, 0.1) is 11.8 Å². The Bertz CT molecular complexity index is 2630. The number of Topliss-reactive ketones (excluding diaryl/α,β-unsaturated/α-hetero) is 1. The van der Waals surface area contributed by atoms with Crippen molar-refractivity contribution in [1.29, 1.82) is 0 Å². The first-order valence-corrected chi connectivity index (χ1v) is 25.2. The zero-order valence-corrected chi connectivity index (χ0v) is 42.2. The van der Waals surface area contributed by atoms with Gasteiger partial charge in [0.25, 0.3) is 0 Å². The van der Waals surface area contributed by atoms with Crippen molar-refractivity contribution in [2.75, 3.05) is 20.2 Å². The highest BCUT2D eigenvalue weighted by Crippen LogP contribution is 2.44. The van der Waals surface area contributed by atoms with Gasteiger partial charge in [0.15, 0.2) is 5.78 Å². The average molecular weight is 1030 g/mol. The standard InChI is InChI=1S/C56H66N6O13/c1-33(2)27-42(57-31-46(63)50(36-21-11-6-12-22-36)62(3)56(74)75-32-41-39-25-15-13-23-37(39)38-24-14-16-26-40(38)41)51(68)58-44(30-48(66)67)53(70)61-49(35-19-9-5-10-20-35)54(71)59-43(29-47(64)65)52(69)60-45(55(72)73)28-34-17-7-4-8-18-34/h4,6-8,11-18,21-26,33,35,41-45,49-50,57H,5,9-10,19-20,27-32H2,1-3H3,(H,58,68)(H,59,71)(H,60,69)(H,61,70)(H,64,65)(H,66,67)(H,72,73)/t42-,43-,44-,45-,49-,50-/m0/s1. The van der Waals surface area contributed by atoms with Crippen LogP contribution in [0.2, 0.25) is 0 Å². The van der Waals surface area contributed by atoms with Gasteiger partial charge < -0.3 is 41.3 Å². The molecule has 4 aromatic carbocycles. The number of amides is 5. The molecule has 0 unspecified atom stereocenters. The Morgan fingerprint density at radius 2 is 1.09 bits per heavy atom. The number of carboxylic acids is 3. The van der Waals surface area contributed by atoms with Crippen molar-refractivity contribution >= 4 is 53.4 Å². The van der Waals surface area contributed by atoms with E-state index in [-0.39, 0.29) is 31.3 Å². The van der Waals surface area contributed by atoms with Gasteiger partial charge in [0.1, 0.15) is 36.8 Å². The Morgan fingerprint density at radius 3 is 1.64 bits per heavy atom. The van der Waals surface area contributed by atoms with E-state index in [0.29, 0.717) is 36.8 Å². The summed E-state index contributed by atoms with van der Waals surface area (Å²) in [5.41, 5.74) is 5.16. The summed E-state index contributed by atoms with van der Waals surface area (Å²) >= 11 is 0. The van der Waals surface area contributed by atoms with Gasteiger partial charge in [0, 0.05) is 19.4 Å². The minimum atomic E-state index is -1.78. The van der Waals surface area contributed by atoms with Gasteiger partial charge in [-0.1, -0.05) is 142 Å². The first kappa shape index (κ1) is 56.4. The molecule has 0 bridgehead atoms. The monoisotopic (exact) mass is 1030 g/mol. The summed E-state index contributed by atoms with van der Waals surface area (Å²) in [5, 5.41) is 42.4. The minimum Gasteiger partial charge on any atom is -0.481 e. The summed E-state index contributed by atoms with van der Waals surface area (Å²) in [6.07, 6.45) is 0.342. The third kappa shape index (κ3) is 15.5. The van der Waals surface area contributed by atoms with Crippen LogP contribution in [0.1, 0.15) is 99.4 Å². The van der Waals surface area contributed by atoms with Crippen molar-refractivity contribution in [2.45, 2.75) is 114 Å². The molecule has 0 heterocycles. The molecular formula is C56H66N6O13. The van der Waals surface area contributed by atoms with Crippen LogP contribution in [0.3, 0.4) is 0 Å². The lowest BCUT2D eigenvalue weighted by atomic mass is 9.83. The number of nitrogens with zero attached hydrogens (tertiary/aromatic N) is 1. The molecule has 2 aliphatic carbocycles. The van der Waals surface area contributed by atoms with E-state index in [9.17, 15) is 58.5 Å². The van der Waals surface area contributed by atoms with Gasteiger partial charge in [0.05, 0.1) is 25.4 Å². The van der Waals surface area contributed by atoms with Crippen molar-refractivity contribution in [3.8, 4) is 11.1 Å². The second-order valence-electron chi connectivity index (χ2n) is 19.5. The summed E-state index contributed by atoms with van der Waals surface area (Å²) in [4.78, 5) is 122. The van der Waals surface area contributed by atoms with E-state index in [1.807, 2.05) is 62.4 Å². The van der Waals surface area contributed by atoms with Crippen molar-refractivity contribution < 1.29 is 63.2 Å². The number of aliphatic carboxylic acids is 3. The summed E-state index contributed by atoms with van der Waals surface area (Å²) in [5.74, 6) is -9.78. The molecular weight excluding hydrogens is 965 g/mol. The Kier molecular flexibility index (Phi) is 20.2. The van der Waals surface area contributed by atoms with Gasteiger partial charge in [0.2, 0.25) is 23.6 Å². The molecule has 2 aliphatic rings. The van der Waals surface area contributed by atoms with Gasteiger partial charge in [-0.25, -0.2) is 9.59 Å². The van der Waals surface area contributed by atoms with Gasteiger partial charge in [-0.3, -0.25) is 43.8 Å². The topological polar surface area (TPSA) is 287 Å². The van der Waals surface area contributed by atoms with Gasteiger partial charge in [-0.2, -0.15) is 0 Å². The zero-order valence-electron chi connectivity index (χ0n) is 42.2. The molecule has 8 N–H and O–H groups in total. The molecule has 75 heavy (non-hydrogen) atoms. The Balaban J connectivity index is 1.15. The molecule has 0 aromatic heterocycles. The normalized spacial score (nSPS) is 15.6. The number of carbonyl (C=O) groups excluding carboxylic acids is 6. The minimum absolute atomic E-state index is 0.00585. The Morgan fingerprint density at radius 1 is 0.600 bits per heavy atom. The van der Waals surface area contributed by atoms with Crippen molar-refractivity contribution in [2.24, 2.45) is 11.8 Å². The number of benzene rings is 4. The van der Waals surface area contributed by atoms with Crippen LogP contribution in [0.4, 0.5) is 4.79 Å². The van der Waals surface area contributed by atoms with E-state index < -0.39 is 115 Å². The number of hydrogen-bond donors (Lipinski definition) is 8. The third-order valence-corrected chi connectivity index (χ3v) is 13.6. The van der Waals surface area contributed by atoms with E-state index in [1.165, 1.54) is 11.9 Å². The number of rotatable bonds is 26. The van der Waals surface area contributed by atoms with E-state index >= 15 is 0 Å². The zero-order chi connectivity index (χ0) is 54.2. The number of ketones is 1. The maximum absolute atomic E-state index is 14.3. The largest absolute Gasteiger partial charge is 0.481 e. The van der Waals surface area contributed by atoms with Crippen LogP contribution in [0.15, 0.2) is 109 Å². The Labute approximate surface area is 435 Å². The van der Waals surface area contributed by atoms with E-state index in [4.69, 9.17) is 4.74 Å². The maximum atomic E-state index is 14.3.